The third kappa shape index (κ3) is 5.55. The van der Waals surface area contributed by atoms with Gasteiger partial charge in [-0.2, -0.15) is 0 Å². The molecule has 1 rings (SSSR count). The number of carbonyl (C=O) groups is 2. The Morgan fingerprint density at radius 3 is 2.43 bits per heavy atom. The van der Waals surface area contributed by atoms with Gasteiger partial charge in [0.25, 0.3) is 0 Å². The Labute approximate surface area is 124 Å². The van der Waals surface area contributed by atoms with Crippen LogP contribution in [0, 0.1) is 0 Å². The summed E-state index contributed by atoms with van der Waals surface area (Å²) in [4.78, 5) is 23.1. The van der Waals surface area contributed by atoms with Gasteiger partial charge in [-0.15, -0.1) is 0 Å². The van der Waals surface area contributed by atoms with Crippen molar-refractivity contribution in [3.8, 4) is 0 Å². The van der Waals surface area contributed by atoms with Gasteiger partial charge in [0.1, 0.15) is 5.60 Å². The molecule has 5 heteroatoms. The number of esters is 2. The van der Waals surface area contributed by atoms with Gasteiger partial charge in [0, 0.05) is 6.42 Å². The normalized spacial score (nSPS) is 13.3. The van der Waals surface area contributed by atoms with Crippen LogP contribution < -0.4 is 0 Å². The van der Waals surface area contributed by atoms with E-state index in [2.05, 4.69) is 4.74 Å². The Hall–Kier alpha value is -1.88. The molecule has 5 nitrogen and oxygen atoms in total. The Bertz CT molecular complexity index is 457. The number of carbonyl (C=O) groups excluding carboxylic acids is 2. The molecule has 0 bridgehead atoms. The predicted octanol–water partition coefficient (Wildman–Crippen LogP) is 2.17. The number of hydrogen-bond acceptors (Lipinski definition) is 5. The van der Waals surface area contributed by atoms with Crippen LogP contribution in [0.15, 0.2) is 30.3 Å². The van der Waals surface area contributed by atoms with Gasteiger partial charge in [-0.3, -0.25) is 9.59 Å². The second-order valence-electron chi connectivity index (χ2n) is 4.87. The van der Waals surface area contributed by atoms with Crippen LogP contribution >= 0.6 is 0 Å². The second-order valence-corrected chi connectivity index (χ2v) is 4.87. The number of aliphatic hydroxyl groups is 1. The highest BCUT2D eigenvalue weighted by molar-refractivity contribution is 5.72. The molecule has 0 aromatic heterocycles. The van der Waals surface area contributed by atoms with Gasteiger partial charge in [-0.1, -0.05) is 37.3 Å². The van der Waals surface area contributed by atoms with Crippen molar-refractivity contribution in [1.29, 1.82) is 0 Å². The van der Waals surface area contributed by atoms with Gasteiger partial charge in [0.05, 0.1) is 20.1 Å². The molecule has 1 N–H and O–H groups in total. The molecule has 0 spiro atoms. The molecule has 1 aromatic carbocycles. The van der Waals surface area contributed by atoms with Gasteiger partial charge >= 0.3 is 11.9 Å². The fraction of sp³-hybridized carbons (Fsp3) is 0.500. The summed E-state index contributed by atoms with van der Waals surface area (Å²) < 4.78 is 9.61. The van der Waals surface area contributed by atoms with Crippen LogP contribution in [0.5, 0.6) is 0 Å². The Morgan fingerprint density at radius 1 is 1.19 bits per heavy atom. The molecular weight excluding hydrogens is 272 g/mol. The predicted molar refractivity (Wildman–Crippen MR) is 77.5 cm³/mol. The molecule has 116 valence electrons. The Kier molecular flexibility index (Phi) is 6.88. The lowest BCUT2D eigenvalue weighted by Crippen LogP contribution is -2.31. The largest absolute Gasteiger partial charge is 0.469 e. The molecule has 0 aliphatic carbocycles. The first-order valence-corrected chi connectivity index (χ1v) is 7.02. The summed E-state index contributed by atoms with van der Waals surface area (Å²) in [7, 11) is 1.29. The van der Waals surface area contributed by atoms with E-state index in [1.54, 1.807) is 24.3 Å². The van der Waals surface area contributed by atoms with E-state index >= 15 is 0 Å². The van der Waals surface area contributed by atoms with E-state index in [9.17, 15) is 14.7 Å². The molecular formula is C16H22O5. The van der Waals surface area contributed by atoms with E-state index in [1.807, 2.05) is 13.0 Å². The Morgan fingerprint density at radius 2 is 1.86 bits per heavy atom. The van der Waals surface area contributed by atoms with Crippen molar-refractivity contribution in [3.63, 3.8) is 0 Å². The van der Waals surface area contributed by atoms with E-state index in [1.165, 1.54) is 7.11 Å². The molecule has 0 amide bonds. The summed E-state index contributed by atoms with van der Waals surface area (Å²) in [5, 5.41) is 10.8. The van der Waals surface area contributed by atoms with Crippen molar-refractivity contribution < 1.29 is 24.2 Å². The zero-order valence-electron chi connectivity index (χ0n) is 12.5. The van der Waals surface area contributed by atoms with Crippen LogP contribution in [-0.4, -0.2) is 30.8 Å². The lowest BCUT2D eigenvalue weighted by atomic mass is 9.86. The molecule has 0 radical (unpaired) electrons. The van der Waals surface area contributed by atoms with Crippen LogP contribution in [0.1, 0.15) is 38.2 Å². The van der Waals surface area contributed by atoms with E-state index in [0.29, 0.717) is 12.2 Å². The topological polar surface area (TPSA) is 72.8 Å². The molecule has 1 unspecified atom stereocenters. The summed E-state index contributed by atoms with van der Waals surface area (Å²) in [5.74, 6) is -0.903. The van der Waals surface area contributed by atoms with Crippen molar-refractivity contribution in [3.05, 3.63) is 35.9 Å². The van der Waals surface area contributed by atoms with Crippen molar-refractivity contribution in [2.24, 2.45) is 0 Å². The molecule has 21 heavy (non-hydrogen) atoms. The average Bonchev–Trinajstić information content (AvgIpc) is 2.51. The van der Waals surface area contributed by atoms with E-state index < -0.39 is 17.5 Å². The molecule has 0 heterocycles. The number of ether oxygens (including phenoxy) is 2. The first-order valence-electron chi connectivity index (χ1n) is 7.02. The van der Waals surface area contributed by atoms with Crippen LogP contribution in [0.3, 0.4) is 0 Å². The van der Waals surface area contributed by atoms with Crippen LogP contribution in [0.4, 0.5) is 0 Å². The molecule has 0 aliphatic heterocycles. The summed E-state index contributed by atoms with van der Waals surface area (Å²) in [6.45, 7) is 2.22. The molecule has 0 fully saturated rings. The number of rotatable bonds is 8. The fourth-order valence-electron chi connectivity index (χ4n) is 2.00. The zero-order valence-corrected chi connectivity index (χ0v) is 12.5. The SMILES string of the molecule is CCCOC(=O)CC(O)(CCC(=O)OC)c1ccccc1. The highest BCUT2D eigenvalue weighted by Gasteiger charge is 2.33. The van der Waals surface area contributed by atoms with Crippen LogP contribution in [0.2, 0.25) is 0 Å². The van der Waals surface area contributed by atoms with E-state index in [4.69, 9.17) is 4.74 Å². The van der Waals surface area contributed by atoms with Gasteiger partial charge in [0.15, 0.2) is 0 Å². The number of hydrogen-bond donors (Lipinski definition) is 1. The number of benzene rings is 1. The third-order valence-corrected chi connectivity index (χ3v) is 3.19. The van der Waals surface area contributed by atoms with E-state index in [-0.39, 0.29) is 19.3 Å². The summed E-state index contributed by atoms with van der Waals surface area (Å²) >= 11 is 0. The molecule has 1 atom stereocenters. The highest BCUT2D eigenvalue weighted by atomic mass is 16.5. The van der Waals surface area contributed by atoms with Gasteiger partial charge in [-0.05, 0) is 18.4 Å². The first kappa shape index (κ1) is 17.2. The van der Waals surface area contributed by atoms with Gasteiger partial charge < -0.3 is 14.6 Å². The zero-order chi connectivity index (χ0) is 15.7. The molecule has 0 aliphatic rings. The van der Waals surface area contributed by atoms with Gasteiger partial charge in [0.2, 0.25) is 0 Å². The fourth-order valence-corrected chi connectivity index (χ4v) is 2.00. The molecule has 0 saturated carbocycles. The van der Waals surface area contributed by atoms with Crippen molar-refractivity contribution in [1.82, 2.24) is 0 Å². The molecule has 0 saturated heterocycles. The van der Waals surface area contributed by atoms with Gasteiger partial charge in [-0.25, -0.2) is 0 Å². The number of methoxy groups -OCH3 is 1. The molecule has 1 aromatic rings. The van der Waals surface area contributed by atoms with Crippen molar-refractivity contribution in [2.75, 3.05) is 13.7 Å². The first-order chi connectivity index (χ1) is 10.0. The maximum absolute atomic E-state index is 11.8. The van der Waals surface area contributed by atoms with Crippen LogP contribution in [-0.2, 0) is 24.7 Å². The minimum Gasteiger partial charge on any atom is -0.469 e. The van der Waals surface area contributed by atoms with Crippen molar-refractivity contribution >= 4 is 11.9 Å². The third-order valence-electron chi connectivity index (χ3n) is 3.19. The van der Waals surface area contributed by atoms with Crippen LogP contribution in [0.25, 0.3) is 0 Å². The van der Waals surface area contributed by atoms with E-state index in [0.717, 1.165) is 6.42 Å². The maximum Gasteiger partial charge on any atom is 0.309 e. The standard InChI is InChI=1S/C16H22O5/c1-3-11-21-15(18)12-16(19,10-9-14(17)20-2)13-7-5-4-6-8-13/h4-8,19H,3,9-12H2,1-2H3. The maximum atomic E-state index is 11.8. The average molecular weight is 294 g/mol. The minimum absolute atomic E-state index is 0.0307. The smallest absolute Gasteiger partial charge is 0.309 e. The summed E-state index contributed by atoms with van der Waals surface area (Å²) in [6, 6.07) is 8.82. The lowest BCUT2D eigenvalue weighted by Gasteiger charge is -2.27. The summed E-state index contributed by atoms with van der Waals surface area (Å²) in [5.41, 5.74) is -0.845. The van der Waals surface area contributed by atoms with Crippen molar-refractivity contribution in [2.45, 2.75) is 38.2 Å². The Balaban J connectivity index is 2.83. The lowest BCUT2D eigenvalue weighted by molar-refractivity contribution is -0.152. The minimum atomic E-state index is -1.43. The quantitative estimate of drug-likeness (QED) is 0.744. The summed E-state index contributed by atoms with van der Waals surface area (Å²) in [6.07, 6.45) is 0.666. The second kappa shape index (κ2) is 8.42. The monoisotopic (exact) mass is 294 g/mol. The highest BCUT2D eigenvalue weighted by Crippen LogP contribution is 2.30.